The van der Waals surface area contributed by atoms with Crippen molar-refractivity contribution < 1.29 is 19.2 Å². The molecule has 0 radical (unpaired) electrons. The molecule has 208 valence electrons. The molecule has 1 aromatic heterocycles. The first-order valence-electron chi connectivity index (χ1n) is 12.7. The van der Waals surface area contributed by atoms with E-state index in [4.69, 9.17) is 21.1 Å². The fourth-order valence-corrected chi connectivity index (χ4v) is 5.79. The van der Waals surface area contributed by atoms with Gasteiger partial charge in [0.05, 0.1) is 27.3 Å². The number of esters is 1. The van der Waals surface area contributed by atoms with Crippen molar-refractivity contribution in [3.63, 3.8) is 0 Å². The van der Waals surface area contributed by atoms with Crippen LogP contribution in [0, 0.1) is 10.1 Å². The number of nitro groups is 1. The molecule has 5 rings (SSSR count). The summed E-state index contributed by atoms with van der Waals surface area (Å²) in [7, 11) is 0. The summed E-state index contributed by atoms with van der Waals surface area (Å²) in [5.41, 5.74) is 2.53. The minimum Gasteiger partial charge on any atom is -0.489 e. The van der Waals surface area contributed by atoms with Crippen LogP contribution >= 0.6 is 22.9 Å². The van der Waals surface area contributed by atoms with Gasteiger partial charge in [-0.3, -0.25) is 19.5 Å². The largest absolute Gasteiger partial charge is 0.489 e. The monoisotopic (exact) mass is 589 g/mol. The summed E-state index contributed by atoms with van der Waals surface area (Å²) in [6.45, 7) is 3.84. The van der Waals surface area contributed by atoms with Crippen LogP contribution in [0.1, 0.15) is 36.6 Å². The second kappa shape index (κ2) is 11.9. The van der Waals surface area contributed by atoms with Crippen LogP contribution in [0.15, 0.2) is 93.9 Å². The highest BCUT2D eigenvalue weighted by molar-refractivity contribution is 7.07. The third kappa shape index (κ3) is 5.84. The quantitative estimate of drug-likeness (QED) is 0.163. The van der Waals surface area contributed by atoms with Crippen LogP contribution in [-0.4, -0.2) is 22.1 Å². The molecule has 0 unspecified atom stereocenters. The van der Waals surface area contributed by atoms with E-state index in [0.717, 1.165) is 11.1 Å². The number of non-ortho nitro benzene ring substituents is 1. The molecule has 4 aromatic rings. The summed E-state index contributed by atoms with van der Waals surface area (Å²) in [5.74, 6) is 0.0186. The number of rotatable bonds is 8. The van der Waals surface area contributed by atoms with Gasteiger partial charge in [-0.05, 0) is 66.9 Å². The zero-order chi connectivity index (χ0) is 29.1. The lowest BCUT2D eigenvalue weighted by Crippen LogP contribution is -2.40. The minimum atomic E-state index is -0.794. The summed E-state index contributed by atoms with van der Waals surface area (Å²) in [6.07, 6.45) is 1.75. The molecule has 0 fully saturated rings. The van der Waals surface area contributed by atoms with Gasteiger partial charge in [-0.1, -0.05) is 53.3 Å². The lowest BCUT2D eigenvalue weighted by atomic mass is 9.96. The lowest BCUT2D eigenvalue weighted by Gasteiger charge is -2.25. The van der Waals surface area contributed by atoms with Crippen molar-refractivity contribution in [2.45, 2.75) is 26.5 Å². The number of halogens is 1. The van der Waals surface area contributed by atoms with E-state index in [1.807, 2.05) is 12.1 Å². The number of carbonyl (C=O) groups excluding carboxylic acids is 1. The number of ether oxygens (including phenoxy) is 2. The Morgan fingerprint density at radius 2 is 1.90 bits per heavy atom. The highest BCUT2D eigenvalue weighted by atomic mass is 35.5. The molecule has 0 amide bonds. The zero-order valence-electron chi connectivity index (χ0n) is 22.1. The van der Waals surface area contributed by atoms with Gasteiger partial charge in [0.15, 0.2) is 4.80 Å². The summed E-state index contributed by atoms with van der Waals surface area (Å²) in [4.78, 5) is 42.3. The van der Waals surface area contributed by atoms with Crippen molar-refractivity contribution in [3.8, 4) is 5.75 Å². The van der Waals surface area contributed by atoms with Gasteiger partial charge in [-0.25, -0.2) is 9.79 Å². The summed E-state index contributed by atoms with van der Waals surface area (Å²) in [5, 5.41) is 11.3. The van der Waals surface area contributed by atoms with Gasteiger partial charge < -0.3 is 9.47 Å². The third-order valence-electron chi connectivity index (χ3n) is 6.43. The van der Waals surface area contributed by atoms with Crippen molar-refractivity contribution in [1.29, 1.82) is 0 Å². The molecule has 0 spiro atoms. The molecule has 41 heavy (non-hydrogen) atoms. The zero-order valence-corrected chi connectivity index (χ0v) is 23.6. The summed E-state index contributed by atoms with van der Waals surface area (Å²) in [6, 6.07) is 19.7. The van der Waals surface area contributed by atoms with E-state index < -0.39 is 16.9 Å². The molecular formula is C30H24ClN3O6S. The maximum absolute atomic E-state index is 13.8. The number of nitro benzene ring substituents is 1. The predicted octanol–water partition coefficient (Wildman–Crippen LogP) is 4.94. The van der Waals surface area contributed by atoms with Gasteiger partial charge in [0.2, 0.25) is 0 Å². The Morgan fingerprint density at radius 1 is 1.15 bits per heavy atom. The van der Waals surface area contributed by atoms with Gasteiger partial charge >= 0.3 is 5.97 Å². The van der Waals surface area contributed by atoms with E-state index in [-0.39, 0.29) is 30.0 Å². The molecule has 3 aromatic carbocycles. The average Bonchev–Trinajstić information content (AvgIpc) is 3.26. The van der Waals surface area contributed by atoms with Crippen LogP contribution < -0.4 is 19.6 Å². The van der Waals surface area contributed by atoms with E-state index in [1.165, 1.54) is 28.0 Å². The highest BCUT2D eigenvalue weighted by Crippen LogP contribution is 2.34. The van der Waals surface area contributed by atoms with Gasteiger partial charge in [-0.2, -0.15) is 0 Å². The van der Waals surface area contributed by atoms with Crippen LogP contribution in [0.25, 0.3) is 6.08 Å². The molecule has 0 saturated carbocycles. The number of allylic oxidation sites excluding steroid dienone is 1. The first-order valence-corrected chi connectivity index (χ1v) is 13.9. The number of nitrogens with zero attached hydrogens (tertiary/aromatic N) is 3. The first kappa shape index (κ1) is 28.0. The fraction of sp³-hybridized carbons (Fsp3) is 0.167. The third-order valence-corrected chi connectivity index (χ3v) is 7.75. The van der Waals surface area contributed by atoms with Gasteiger partial charge in [-0.15, -0.1) is 0 Å². The van der Waals surface area contributed by atoms with E-state index in [0.29, 0.717) is 31.4 Å². The molecule has 1 atom stereocenters. The SMILES string of the molecule is CCOC(=O)C1=C(C)N=c2s/c(=C\c3cccc(OCc4ccc([N+](=O)[O-])cc4)c3)c(=O)n2[C@H]1c1ccccc1Cl. The van der Waals surface area contributed by atoms with Crippen LogP contribution in [0.5, 0.6) is 5.75 Å². The Morgan fingerprint density at radius 3 is 2.61 bits per heavy atom. The smallest absolute Gasteiger partial charge is 0.338 e. The van der Waals surface area contributed by atoms with Gasteiger partial charge in [0.25, 0.3) is 11.2 Å². The van der Waals surface area contributed by atoms with Crippen LogP contribution in [0.4, 0.5) is 5.69 Å². The highest BCUT2D eigenvalue weighted by Gasteiger charge is 2.34. The number of fused-ring (bicyclic) bond motifs is 1. The van der Waals surface area contributed by atoms with E-state index >= 15 is 0 Å². The summed E-state index contributed by atoms with van der Waals surface area (Å²) < 4.78 is 13.1. The molecule has 0 N–H and O–H groups in total. The molecular weight excluding hydrogens is 566 g/mol. The number of carbonyl (C=O) groups is 1. The maximum Gasteiger partial charge on any atom is 0.338 e. The molecule has 0 saturated heterocycles. The minimum absolute atomic E-state index is 0.0126. The topological polar surface area (TPSA) is 113 Å². The van der Waals surface area contributed by atoms with E-state index in [2.05, 4.69) is 4.99 Å². The molecule has 0 aliphatic carbocycles. The lowest BCUT2D eigenvalue weighted by molar-refractivity contribution is -0.384. The number of thiazole rings is 1. The van der Waals surface area contributed by atoms with Crippen LogP contribution in [0.2, 0.25) is 5.02 Å². The van der Waals surface area contributed by atoms with Crippen molar-refractivity contribution in [3.05, 3.63) is 136 Å². The van der Waals surface area contributed by atoms with Crippen LogP contribution in [-0.2, 0) is 16.1 Å². The Balaban J connectivity index is 1.51. The Kier molecular flexibility index (Phi) is 8.14. The summed E-state index contributed by atoms with van der Waals surface area (Å²) >= 11 is 7.77. The van der Waals surface area contributed by atoms with Gasteiger partial charge in [0.1, 0.15) is 18.4 Å². The van der Waals surface area contributed by atoms with E-state index in [1.54, 1.807) is 68.5 Å². The first-order chi connectivity index (χ1) is 19.8. The number of hydrogen-bond donors (Lipinski definition) is 0. The molecule has 1 aliphatic rings. The van der Waals surface area contributed by atoms with Crippen LogP contribution in [0.3, 0.4) is 0 Å². The molecule has 0 bridgehead atoms. The number of hydrogen-bond acceptors (Lipinski definition) is 8. The molecule has 9 nitrogen and oxygen atoms in total. The van der Waals surface area contributed by atoms with Crippen molar-refractivity contribution in [1.82, 2.24) is 4.57 Å². The standard InChI is InChI=1S/C30H24ClN3O6S/c1-3-39-29(36)26-18(2)32-30-33(27(26)23-9-4-5-10-24(23)31)28(35)25(41-30)16-20-7-6-8-22(15-20)40-17-19-11-13-21(14-12-19)34(37)38/h4-16,27H,3,17H2,1-2H3/b25-16-/t27-/m0/s1. The Hall–Kier alpha value is -4.54. The van der Waals surface area contributed by atoms with Gasteiger partial charge in [0, 0.05) is 17.2 Å². The Labute approximate surface area is 243 Å². The normalized spacial score (nSPS) is 14.8. The van der Waals surface area contributed by atoms with Crippen molar-refractivity contribution >= 4 is 40.7 Å². The second-order valence-electron chi connectivity index (χ2n) is 9.11. The van der Waals surface area contributed by atoms with E-state index in [9.17, 15) is 19.7 Å². The molecule has 11 heteroatoms. The average molecular weight is 590 g/mol. The number of benzene rings is 3. The second-order valence-corrected chi connectivity index (χ2v) is 10.5. The maximum atomic E-state index is 13.8. The molecule has 1 aliphatic heterocycles. The Bertz CT molecular complexity index is 1860. The van der Waals surface area contributed by atoms with Crippen molar-refractivity contribution in [2.24, 2.45) is 4.99 Å². The predicted molar refractivity (Wildman–Crippen MR) is 156 cm³/mol. The fourth-order valence-electron chi connectivity index (χ4n) is 4.51. The number of aromatic nitrogens is 1. The molecule has 2 heterocycles. The van der Waals surface area contributed by atoms with Crippen molar-refractivity contribution in [2.75, 3.05) is 6.61 Å².